The molecule has 0 saturated carbocycles. The summed E-state index contributed by atoms with van der Waals surface area (Å²) in [7, 11) is 0. The van der Waals surface area contributed by atoms with Gasteiger partial charge in [0.15, 0.2) is 0 Å². The van der Waals surface area contributed by atoms with Crippen molar-refractivity contribution in [1.82, 2.24) is 15.5 Å². The molecule has 1 aliphatic heterocycles. The first kappa shape index (κ1) is 23.8. The highest BCUT2D eigenvalue weighted by Gasteiger charge is 2.36. The number of unbranched alkanes of at least 4 members (excludes halogenated alkanes) is 1. The van der Waals surface area contributed by atoms with Crippen molar-refractivity contribution in [3.05, 3.63) is 35.6 Å². The van der Waals surface area contributed by atoms with E-state index in [0.29, 0.717) is 38.0 Å². The van der Waals surface area contributed by atoms with Crippen LogP contribution in [0.5, 0.6) is 0 Å². The summed E-state index contributed by atoms with van der Waals surface area (Å²) in [5, 5.41) is 5.65. The molecule has 2 atom stereocenters. The number of halogens is 1. The molecule has 30 heavy (non-hydrogen) atoms. The van der Waals surface area contributed by atoms with E-state index >= 15 is 0 Å². The first-order chi connectivity index (χ1) is 14.5. The van der Waals surface area contributed by atoms with Crippen LogP contribution in [0.1, 0.15) is 69.2 Å². The van der Waals surface area contributed by atoms with E-state index in [9.17, 15) is 18.8 Å². The molecule has 2 rings (SSSR count). The second kappa shape index (κ2) is 12.3. The van der Waals surface area contributed by atoms with Crippen LogP contribution in [0, 0.1) is 11.7 Å². The van der Waals surface area contributed by atoms with E-state index in [0.717, 1.165) is 32.1 Å². The SMILES string of the molecule is CCCC[C@@H](CC)C(=O)N1CCC[C@H]1C(=O)NCCCNC(=O)c1ccc(F)cc1. The summed E-state index contributed by atoms with van der Waals surface area (Å²) in [6, 6.07) is 4.97. The fraction of sp³-hybridized carbons (Fsp3) is 0.609. The van der Waals surface area contributed by atoms with Crippen LogP contribution in [0.15, 0.2) is 24.3 Å². The monoisotopic (exact) mass is 419 g/mol. The first-order valence-electron chi connectivity index (χ1n) is 11.1. The van der Waals surface area contributed by atoms with Gasteiger partial charge in [0.2, 0.25) is 11.8 Å². The number of nitrogens with one attached hydrogen (secondary N) is 2. The van der Waals surface area contributed by atoms with Crippen LogP contribution >= 0.6 is 0 Å². The maximum absolute atomic E-state index is 12.9. The Morgan fingerprint density at radius 1 is 1.10 bits per heavy atom. The average molecular weight is 420 g/mol. The van der Waals surface area contributed by atoms with E-state index in [-0.39, 0.29) is 35.5 Å². The highest BCUT2D eigenvalue weighted by atomic mass is 19.1. The number of nitrogens with zero attached hydrogens (tertiary/aromatic N) is 1. The molecule has 0 aromatic heterocycles. The zero-order valence-corrected chi connectivity index (χ0v) is 18.1. The minimum atomic E-state index is -0.387. The van der Waals surface area contributed by atoms with Crippen molar-refractivity contribution in [3.63, 3.8) is 0 Å². The minimum Gasteiger partial charge on any atom is -0.354 e. The van der Waals surface area contributed by atoms with Gasteiger partial charge < -0.3 is 15.5 Å². The Bertz CT molecular complexity index is 708. The molecular formula is C23H34FN3O3. The number of benzene rings is 1. The Labute approximate surface area is 178 Å². The molecular weight excluding hydrogens is 385 g/mol. The zero-order chi connectivity index (χ0) is 21.9. The minimum absolute atomic E-state index is 0.0000222. The normalized spacial score (nSPS) is 16.9. The molecule has 0 bridgehead atoms. The number of hydrogen-bond acceptors (Lipinski definition) is 3. The lowest BCUT2D eigenvalue weighted by atomic mass is 9.97. The van der Waals surface area contributed by atoms with Crippen molar-refractivity contribution in [2.75, 3.05) is 19.6 Å². The van der Waals surface area contributed by atoms with Gasteiger partial charge in [0.25, 0.3) is 5.91 Å². The number of hydrogen-bond donors (Lipinski definition) is 2. The van der Waals surface area contributed by atoms with Gasteiger partial charge >= 0.3 is 0 Å². The van der Waals surface area contributed by atoms with Gasteiger partial charge in [-0.05, 0) is 56.4 Å². The molecule has 1 aromatic carbocycles. The molecule has 1 saturated heterocycles. The van der Waals surface area contributed by atoms with Gasteiger partial charge in [-0.25, -0.2) is 4.39 Å². The molecule has 1 aromatic rings. The van der Waals surface area contributed by atoms with Crippen LogP contribution in [-0.2, 0) is 9.59 Å². The van der Waals surface area contributed by atoms with Crippen molar-refractivity contribution in [2.24, 2.45) is 5.92 Å². The number of likely N-dealkylation sites (tertiary alicyclic amines) is 1. The summed E-state index contributed by atoms with van der Waals surface area (Å²) in [6.45, 7) is 5.62. The van der Waals surface area contributed by atoms with Gasteiger partial charge in [-0.1, -0.05) is 26.7 Å². The van der Waals surface area contributed by atoms with E-state index in [2.05, 4.69) is 17.6 Å². The van der Waals surface area contributed by atoms with Crippen LogP contribution in [0.3, 0.4) is 0 Å². The third-order valence-corrected chi connectivity index (χ3v) is 5.63. The average Bonchev–Trinajstić information content (AvgIpc) is 3.24. The van der Waals surface area contributed by atoms with Crippen molar-refractivity contribution in [3.8, 4) is 0 Å². The van der Waals surface area contributed by atoms with Gasteiger partial charge in [-0.3, -0.25) is 14.4 Å². The standard InChI is InChI=1S/C23H34FN3O3/c1-3-5-8-17(4-2)23(30)27-16-6-9-20(27)22(29)26-15-7-14-25-21(28)18-10-12-19(24)13-11-18/h10-13,17,20H,3-9,14-16H2,1-2H3,(H,25,28)(H,26,29)/t17-,20+/m1/s1. The third-order valence-electron chi connectivity index (χ3n) is 5.63. The van der Waals surface area contributed by atoms with E-state index < -0.39 is 0 Å². The zero-order valence-electron chi connectivity index (χ0n) is 18.1. The second-order valence-corrected chi connectivity index (χ2v) is 7.84. The first-order valence-corrected chi connectivity index (χ1v) is 11.1. The maximum Gasteiger partial charge on any atom is 0.251 e. The Morgan fingerprint density at radius 3 is 2.47 bits per heavy atom. The lowest BCUT2D eigenvalue weighted by molar-refractivity contribution is -0.141. The van der Waals surface area contributed by atoms with E-state index in [1.807, 2.05) is 6.92 Å². The number of carbonyl (C=O) groups excluding carboxylic acids is 3. The fourth-order valence-corrected chi connectivity index (χ4v) is 3.81. The fourth-order valence-electron chi connectivity index (χ4n) is 3.81. The lowest BCUT2D eigenvalue weighted by Gasteiger charge is -2.28. The molecule has 0 radical (unpaired) electrons. The molecule has 1 fully saturated rings. The van der Waals surface area contributed by atoms with Crippen LogP contribution in [0.2, 0.25) is 0 Å². The molecule has 1 heterocycles. The van der Waals surface area contributed by atoms with Gasteiger partial charge in [0, 0.05) is 31.1 Å². The molecule has 166 valence electrons. The predicted octanol–water partition coefficient (Wildman–Crippen LogP) is 3.27. The van der Waals surface area contributed by atoms with Gasteiger partial charge in [-0.15, -0.1) is 0 Å². The van der Waals surface area contributed by atoms with E-state index in [1.54, 1.807) is 4.90 Å². The predicted molar refractivity (Wildman–Crippen MR) is 114 cm³/mol. The summed E-state index contributed by atoms with van der Waals surface area (Å²) in [4.78, 5) is 39.2. The third kappa shape index (κ3) is 6.82. The highest BCUT2D eigenvalue weighted by molar-refractivity contribution is 5.94. The molecule has 0 spiro atoms. The largest absolute Gasteiger partial charge is 0.354 e. The van der Waals surface area contributed by atoms with E-state index in [4.69, 9.17) is 0 Å². The number of carbonyl (C=O) groups is 3. The Morgan fingerprint density at radius 2 is 1.80 bits per heavy atom. The molecule has 1 aliphatic rings. The number of rotatable bonds is 11. The molecule has 3 amide bonds. The van der Waals surface area contributed by atoms with Gasteiger partial charge in [-0.2, -0.15) is 0 Å². The maximum atomic E-state index is 12.9. The summed E-state index contributed by atoms with van der Waals surface area (Å²) in [5.74, 6) is -0.665. The van der Waals surface area contributed by atoms with Crippen molar-refractivity contribution < 1.29 is 18.8 Å². The van der Waals surface area contributed by atoms with Crippen molar-refractivity contribution in [1.29, 1.82) is 0 Å². The number of amides is 3. The lowest BCUT2D eigenvalue weighted by Crippen LogP contribution is -2.48. The summed E-state index contributed by atoms with van der Waals surface area (Å²) < 4.78 is 12.9. The van der Waals surface area contributed by atoms with Crippen molar-refractivity contribution >= 4 is 17.7 Å². The Kier molecular flexibility index (Phi) is 9.77. The van der Waals surface area contributed by atoms with E-state index in [1.165, 1.54) is 24.3 Å². The smallest absolute Gasteiger partial charge is 0.251 e. The summed E-state index contributed by atoms with van der Waals surface area (Å²) in [6.07, 6.45) is 5.89. The van der Waals surface area contributed by atoms with Crippen LogP contribution in [-0.4, -0.2) is 48.3 Å². The molecule has 2 N–H and O–H groups in total. The van der Waals surface area contributed by atoms with Crippen LogP contribution in [0.4, 0.5) is 4.39 Å². The molecule has 0 aliphatic carbocycles. The Balaban J connectivity index is 1.73. The summed E-state index contributed by atoms with van der Waals surface area (Å²) in [5.41, 5.74) is 0.397. The molecule has 7 heteroatoms. The highest BCUT2D eigenvalue weighted by Crippen LogP contribution is 2.23. The molecule has 6 nitrogen and oxygen atoms in total. The van der Waals surface area contributed by atoms with Crippen LogP contribution < -0.4 is 10.6 Å². The van der Waals surface area contributed by atoms with Crippen molar-refractivity contribution in [2.45, 2.75) is 64.8 Å². The second-order valence-electron chi connectivity index (χ2n) is 7.84. The molecule has 0 unspecified atom stereocenters. The Hall–Kier alpha value is -2.44. The topological polar surface area (TPSA) is 78.5 Å². The van der Waals surface area contributed by atoms with Crippen LogP contribution in [0.25, 0.3) is 0 Å². The quantitative estimate of drug-likeness (QED) is 0.541. The van der Waals surface area contributed by atoms with Gasteiger partial charge in [0.05, 0.1) is 0 Å². The summed E-state index contributed by atoms with van der Waals surface area (Å²) >= 11 is 0. The van der Waals surface area contributed by atoms with Gasteiger partial charge in [0.1, 0.15) is 11.9 Å².